The third-order valence-corrected chi connectivity index (χ3v) is 7.50. The fraction of sp³-hybridized carbons (Fsp3) is 0.304. The van der Waals surface area contributed by atoms with Crippen LogP contribution >= 0.6 is 0 Å². The second kappa shape index (κ2) is 9.62. The quantitative estimate of drug-likeness (QED) is 0.593. The number of hydrogen-bond acceptors (Lipinski definition) is 4. The maximum absolute atomic E-state index is 13.2. The summed E-state index contributed by atoms with van der Waals surface area (Å²) in [5.74, 6) is -1.07. The van der Waals surface area contributed by atoms with E-state index in [0.29, 0.717) is 25.9 Å². The van der Waals surface area contributed by atoms with E-state index in [1.54, 1.807) is 12.5 Å². The summed E-state index contributed by atoms with van der Waals surface area (Å²) < 4.78 is 42.2. The molecule has 3 aromatic rings. The Bertz CT molecular complexity index is 1150. The molecule has 0 radical (unpaired) electrons. The predicted octanol–water partition coefficient (Wildman–Crippen LogP) is 2.79. The number of benzene rings is 2. The lowest BCUT2D eigenvalue weighted by Crippen LogP contribution is -2.45. The first-order valence-electron chi connectivity index (χ1n) is 10.5. The van der Waals surface area contributed by atoms with Crippen LogP contribution in [0.3, 0.4) is 0 Å². The number of sulfonamides is 1. The molecule has 168 valence electrons. The first-order valence-corrected chi connectivity index (χ1v) is 11.9. The van der Waals surface area contributed by atoms with Gasteiger partial charge in [0.15, 0.2) is 0 Å². The molecule has 4 rings (SSSR count). The third kappa shape index (κ3) is 5.23. The zero-order valence-electron chi connectivity index (χ0n) is 17.5. The van der Waals surface area contributed by atoms with Gasteiger partial charge < -0.3 is 9.88 Å². The van der Waals surface area contributed by atoms with Gasteiger partial charge in [-0.1, -0.05) is 24.3 Å². The number of nitrogens with one attached hydrogen (secondary N) is 1. The van der Waals surface area contributed by atoms with Gasteiger partial charge in [0, 0.05) is 38.6 Å². The van der Waals surface area contributed by atoms with Crippen molar-refractivity contribution >= 4 is 15.9 Å². The first-order chi connectivity index (χ1) is 15.4. The summed E-state index contributed by atoms with van der Waals surface area (Å²) in [6, 6.07) is 12.7. The molecule has 2 aromatic carbocycles. The van der Waals surface area contributed by atoms with E-state index in [2.05, 4.69) is 10.3 Å². The Morgan fingerprint density at radius 2 is 1.81 bits per heavy atom. The smallest absolute Gasteiger partial charge is 0.243 e. The molecule has 0 saturated carbocycles. The number of carbonyl (C=O) groups is 1. The van der Waals surface area contributed by atoms with E-state index in [0.717, 1.165) is 29.8 Å². The summed E-state index contributed by atoms with van der Waals surface area (Å²) in [7, 11) is -3.76. The highest BCUT2D eigenvalue weighted by molar-refractivity contribution is 7.89. The molecule has 2 heterocycles. The van der Waals surface area contributed by atoms with Crippen LogP contribution in [0.15, 0.2) is 72.1 Å². The van der Waals surface area contributed by atoms with Crippen molar-refractivity contribution in [2.45, 2.75) is 30.8 Å². The molecule has 1 aliphatic rings. The van der Waals surface area contributed by atoms with Crippen molar-refractivity contribution < 1.29 is 17.6 Å². The second-order valence-corrected chi connectivity index (χ2v) is 9.86. The maximum atomic E-state index is 13.2. The average molecular weight is 457 g/mol. The van der Waals surface area contributed by atoms with Gasteiger partial charge in [0.25, 0.3) is 0 Å². The number of aromatic nitrogens is 2. The number of rotatable bonds is 7. The highest BCUT2D eigenvalue weighted by Crippen LogP contribution is 2.24. The fourth-order valence-corrected chi connectivity index (χ4v) is 5.34. The van der Waals surface area contributed by atoms with Gasteiger partial charge >= 0.3 is 0 Å². The largest absolute Gasteiger partial charge is 0.352 e. The van der Waals surface area contributed by atoms with Gasteiger partial charge in [0.1, 0.15) is 5.82 Å². The molecule has 0 spiro atoms. The molecule has 1 aliphatic heterocycles. The molecule has 1 amide bonds. The lowest BCUT2D eigenvalue weighted by molar-refractivity contribution is -0.126. The van der Waals surface area contributed by atoms with Crippen LogP contribution in [0.1, 0.15) is 24.0 Å². The van der Waals surface area contributed by atoms with Crippen molar-refractivity contribution in [3.63, 3.8) is 0 Å². The molecule has 32 heavy (non-hydrogen) atoms. The van der Waals surface area contributed by atoms with Gasteiger partial charge in [0.2, 0.25) is 15.9 Å². The van der Waals surface area contributed by atoms with Crippen LogP contribution in [0.25, 0.3) is 0 Å². The molecule has 0 aliphatic carbocycles. The summed E-state index contributed by atoms with van der Waals surface area (Å²) in [5.41, 5.74) is 2.10. The Morgan fingerprint density at radius 1 is 1.09 bits per heavy atom. The minimum absolute atomic E-state index is 0.0377. The van der Waals surface area contributed by atoms with Crippen LogP contribution in [0.2, 0.25) is 0 Å². The van der Waals surface area contributed by atoms with Crippen LogP contribution in [-0.4, -0.2) is 41.3 Å². The van der Waals surface area contributed by atoms with E-state index >= 15 is 0 Å². The van der Waals surface area contributed by atoms with Crippen LogP contribution < -0.4 is 5.32 Å². The van der Waals surface area contributed by atoms with Crippen molar-refractivity contribution in [1.29, 1.82) is 0 Å². The van der Waals surface area contributed by atoms with E-state index in [9.17, 15) is 17.6 Å². The molecule has 0 unspecified atom stereocenters. The summed E-state index contributed by atoms with van der Waals surface area (Å²) in [6.07, 6.45) is 6.63. The van der Waals surface area contributed by atoms with Crippen LogP contribution in [-0.2, 0) is 27.9 Å². The Labute approximate surface area is 186 Å². The molecule has 1 atom stereocenters. The van der Waals surface area contributed by atoms with E-state index < -0.39 is 21.8 Å². The van der Waals surface area contributed by atoms with E-state index in [1.807, 2.05) is 35.0 Å². The van der Waals surface area contributed by atoms with Crippen LogP contribution in [0.5, 0.6) is 0 Å². The molecular weight excluding hydrogens is 431 g/mol. The molecule has 1 aromatic heterocycles. The Balaban J connectivity index is 1.33. The zero-order valence-corrected chi connectivity index (χ0v) is 18.3. The number of carbonyl (C=O) groups excluding carboxylic acids is 1. The average Bonchev–Trinajstić information content (AvgIpc) is 3.32. The summed E-state index contributed by atoms with van der Waals surface area (Å²) in [6.45, 7) is 1.58. The van der Waals surface area contributed by atoms with Gasteiger partial charge in [0.05, 0.1) is 17.1 Å². The summed E-state index contributed by atoms with van der Waals surface area (Å²) in [5, 5.41) is 2.93. The topological polar surface area (TPSA) is 84.3 Å². The first kappa shape index (κ1) is 22.2. The fourth-order valence-electron chi connectivity index (χ4n) is 3.82. The number of hydrogen-bond donors (Lipinski definition) is 1. The van der Waals surface area contributed by atoms with Gasteiger partial charge in [-0.25, -0.2) is 17.8 Å². The van der Waals surface area contributed by atoms with Crippen molar-refractivity contribution in [2.24, 2.45) is 5.92 Å². The van der Waals surface area contributed by atoms with Gasteiger partial charge in [-0.15, -0.1) is 0 Å². The maximum Gasteiger partial charge on any atom is 0.243 e. The van der Waals surface area contributed by atoms with Crippen LogP contribution in [0, 0.1) is 11.7 Å². The normalized spacial score (nSPS) is 17.2. The predicted molar refractivity (Wildman–Crippen MR) is 118 cm³/mol. The third-order valence-electron chi connectivity index (χ3n) is 5.62. The summed E-state index contributed by atoms with van der Waals surface area (Å²) in [4.78, 5) is 16.8. The number of piperidine rings is 1. The van der Waals surface area contributed by atoms with Crippen molar-refractivity contribution in [3.8, 4) is 0 Å². The number of imidazole rings is 1. The van der Waals surface area contributed by atoms with Gasteiger partial charge in [-0.3, -0.25) is 4.79 Å². The molecule has 7 nitrogen and oxygen atoms in total. The Hall–Kier alpha value is -3.04. The lowest BCUT2D eigenvalue weighted by Gasteiger charge is -2.31. The summed E-state index contributed by atoms with van der Waals surface area (Å²) >= 11 is 0. The molecule has 9 heteroatoms. The van der Waals surface area contributed by atoms with E-state index in [-0.39, 0.29) is 17.3 Å². The van der Waals surface area contributed by atoms with Gasteiger partial charge in [-0.2, -0.15) is 4.31 Å². The number of halogens is 1. The minimum Gasteiger partial charge on any atom is -0.352 e. The standard InChI is InChI=1S/C23H25FN4O3S/c24-21-7-9-22(10-8-21)32(30,31)28-12-1-2-20(16-28)23(29)26-14-18-3-5-19(6-4-18)15-27-13-11-25-17-27/h3-11,13,17,20H,1-2,12,14-16H2,(H,26,29)/t20-/m0/s1. The highest BCUT2D eigenvalue weighted by Gasteiger charge is 2.33. The van der Waals surface area contributed by atoms with Crippen molar-refractivity contribution in [1.82, 2.24) is 19.2 Å². The number of nitrogens with zero attached hydrogens (tertiary/aromatic N) is 3. The molecule has 0 bridgehead atoms. The molecule has 1 N–H and O–H groups in total. The van der Waals surface area contributed by atoms with E-state index in [1.165, 1.54) is 16.4 Å². The van der Waals surface area contributed by atoms with Crippen molar-refractivity contribution in [2.75, 3.05) is 13.1 Å². The molecule has 1 saturated heterocycles. The van der Waals surface area contributed by atoms with Crippen LogP contribution in [0.4, 0.5) is 4.39 Å². The Morgan fingerprint density at radius 3 is 2.50 bits per heavy atom. The molecule has 1 fully saturated rings. The Kier molecular flexibility index (Phi) is 6.66. The SMILES string of the molecule is O=C(NCc1ccc(Cn2ccnc2)cc1)[C@H]1CCCN(S(=O)(=O)c2ccc(F)cc2)C1. The molecular formula is C23H25FN4O3S. The minimum atomic E-state index is -3.76. The van der Waals surface area contributed by atoms with Crippen molar-refractivity contribution in [3.05, 3.63) is 84.2 Å². The van der Waals surface area contributed by atoms with E-state index in [4.69, 9.17) is 0 Å². The zero-order chi connectivity index (χ0) is 22.6. The number of amides is 1. The second-order valence-electron chi connectivity index (χ2n) is 7.93. The monoisotopic (exact) mass is 456 g/mol. The van der Waals surface area contributed by atoms with Gasteiger partial charge in [-0.05, 0) is 48.2 Å². The highest BCUT2D eigenvalue weighted by atomic mass is 32.2. The lowest BCUT2D eigenvalue weighted by atomic mass is 9.98.